The fourth-order valence-electron chi connectivity index (χ4n) is 2.57. The fourth-order valence-corrected chi connectivity index (χ4v) is 3.98. The van der Waals surface area contributed by atoms with Crippen molar-refractivity contribution >= 4 is 42.6 Å². The lowest BCUT2D eigenvalue weighted by atomic mass is 9.67. The van der Waals surface area contributed by atoms with E-state index in [0.717, 1.165) is 21.7 Å². The largest absolute Gasteiger partial charge is 0.361 e. The lowest BCUT2D eigenvalue weighted by molar-refractivity contribution is 0.145. The Balaban J connectivity index is 1.74. The van der Waals surface area contributed by atoms with Crippen molar-refractivity contribution in [1.82, 2.24) is 4.98 Å². The molecule has 1 N–H and O–H groups in total. The highest BCUT2D eigenvalue weighted by molar-refractivity contribution is 9.10. The summed E-state index contributed by atoms with van der Waals surface area (Å²) in [4.78, 5) is 4.64. The summed E-state index contributed by atoms with van der Waals surface area (Å²) >= 11 is 5.25. The molecule has 1 aliphatic carbocycles. The van der Waals surface area contributed by atoms with Crippen LogP contribution in [0.25, 0.3) is 10.2 Å². The Bertz CT molecular complexity index is 554. The summed E-state index contributed by atoms with van der Waals surface area (Å²) < 4.78 is 2.36. The molecule has 1 aromatic heterocycles. The normalized spacial score (nSPS) is 17.7. The zero-order valence-electron chi connectivity index (χ0n) is 10.5. The summed E-state index contributed by atoms with van der Waals surface area (Å²) in [5, 5.41) is 4.60. The van der Waals surface area contributed by atoms with E-state index in [9.17, 15) is 0 Å². The van der Waals surface area contributed by atoms with Crippen LogP contribution in [0.3, 0.4) is 0 Å². The number of anilines is 1. The topological polar surface area (TPSA) is 24.9 Å². The number of hydrogen-bond donors (Lipinski definition) is 1. The Kier molecular flexibility index (Phi) is 3.32. The Morgan fingerprint density at radius 1 is 1.44 bits per heavy atom. The molecule has 0 bridgehead atoms. The molecule has 1 saturated carbocycles. The van der Waals surface area contributed by atoms with Crippen LogP contribution in [0, 0.1) is 5.41 Å². The van der Waals surface area contributed by atoms with Crippen LogP contribution >= 0.6 is 27.3 Å². The number of thiazole rings is 1. The standard InChI is InChI=1S/C14H17BrN2S/c1-2-14(6-3-7-14)9-16-13-17-11-5-4-10(15)8-12(11)18-13/h4-5,8H,2-3,6-7,9H2,1H3,(H,16,17). The van der Waals surface area contributed by atoms with Crippen LogP contribution in [0.15, 0.2) is 22.7 Å². The quantitative estimate of drug-likeness (QED) is 0.851. The molecule has 0 amide bonds. The van der Waals surface area contributed by atoms with E-state index in [1.165, 1.54) is 30.4 Å². The van der Waals surface area contributed by atoms with Gasteiger partial charge in [-0.2, -0.15) is 0 Å². The Hall–Kier alpha value is -0.610. The molecule has 0 spiro atoms. The summed E-state index contributed by atoms with van der Waals surface area (Å²) in [6.07, 6.45) is 5.40. The van der Waals surface area contributed by atoms with Crippen molar-refractivity contribution in [3.05, 3.63) is 22.7 Å². The first kappa shape index (κ1) is 12.4. The molecule has 0 saturated heterocycles. The maximum Gasteiger partial charge on any atom is 0.183 e. The molecule has 0 atom stereocenters. The van der Waals surface area contributed by atoms with Crippen molar-refractivity contribution in [3.8, 4) is 0 Å². The highest BCUT2D eigenvalue weighted by atomic mass is 79.9. The molecule has 96 valence electrons. The molecule has 1 aromatic carbocycles. The molecule has 2 nitrogen and oxygen atoms in total. The van der Waals surface area contributed by atoms with Crippen molar-refractivity contribution in [2.75, 3.05) is 11.9 Å². The van der Waals surface area contributed by atoms with Crippen LogP contribution in [0.1, 0.15) is 32.6 Å². The van der Waals surface area contributed by atoms with Crippen LogP contribution in [-0.4, -0.2) is 11.5 Å². The monoisotopic (exact) mass is 324 g/mol. The van der Waals surface area contributed by atoms with Gasteiger partial charge in [-0.1, -0.05) is 40.6 Å². The van der Waals surface area contributed by atoms with Gasteiger partial charge in [-0.25, -0.2) is 4.98 Å². The molecule has 3 rings (SSSR count). The van der Waals surface area contributed by atoms with E-state index in [2.05, 4.69) is 45.3 Å². The Morgan fingerprint density at radius 2 is 2.28 bits per heavy atom. The summed E-state index contributed by atoms with van der Waals surface area (Å²) in [7, 11) is 0. The van der Waals surface area contributed by atoms with Gasteiger partial charge in [0.25, 0.3) is 0 Å². The van der Waals surface area contributed by atoms with Crippen LogP contribution < -0.4 is 5.32 Å². The Labute approximate surface area is 120 Å². The lowest BCUT2D eigenvalue weighted by Crippen LogP contribution is -2.35. The van der Waals surface area contributed by atoms with E-state index in [1.54, 1.807) is 11.3 Å². The third-order valence-electron chi connectivity index (χ3n) is 4.13. The number of rotatable bonds is 4. The van der Waals surface area contributed by atoms with Gasteiger partial charge in [0.2, 0.25) is 0 Å². The van der Waals surface area contributed by atoms with Crippen LogP contribution in [-0.2, 0) is 0 Å². The molecule has 1 fully saturated rings. The van der Waals surface area contributed by atoms with Gasteiger partial charge in [-0.3, -0.25) is 0 Å². The molecule has 0 aliphatic heterocycles. The number of aromatic nitrogens is 1. The van der Waals surface area contributed by atoms with Crippen molar-refractivity contribution in [2.45, 2.75) is 32.6 Å². The molecule has 0 unspecified atom stereocenters. The summed E-state index contributed by atoms with van der Waals surface area (Å²) in [6, 6.07) is 6.25. The van der Waals surface area contributed by atoms with Gasteiger partial charge in [0.1, 0.15) is 0 Å². The van der Waals surface area contributed by atoms with E-state index in [4.69, 9.17) is 0 Å². The average Bonchev–Trinajstić information content (AvgIpc) is 2.70. The van der Waals surface area contributed by atoms with Crippen LogP contribution in [0.2, 0.25) is 0 Å². The van der Waals surface area contributed by atoms with Crippen molar-refractivity contribution in [3.63, 3.8) is 0 Å². The number of nitrogens with one attached hydrogen (secondary N) is 1. The summed E-state index contributed by atoms with van der Waals surface area (Å²) in [6.45, 7) is 3.38. The summed E-state index contributed by atoms with van der Waals surface area (Å²) in [5.41, 5.74) is 1.63. The first-order valence-electron chi connectivity index (χ1n) is 6.51. The third-order valence-corrected chi connectivity index (χ3v) is 5.60. The van der Waals surface area contributed by atoms with E-state index < -0.39 is 0 Å². The van der Waals surface area contributed by atoms with E-state index in [-0.39, 0.29) is 0 Å². The number of fused-ring (bicyclic) bond motifs is 1. The van der Waals surface area contributed by atoms with Gasteiger partial charge in [0.15, 0.2) is 5.13 Å². The van der Waals surface area contributed by atoms with E-state index in [0.29, 0.717) is 5.41 Å². The molecular weight excluding hydrogens is 308 g/mol. The molecule has 2 aromatic rings. The molecule has 18 heavy (non-hydrogen) atoms. The van der Waals surface area contributed by atoms with Gasteiger partial charge in [-0.05, 0) is 42.9 Å². The fraction of sp³-hybridized carbons (Fsp3) is 0.500. The maximum atomic E-state index is 4.64. The minimum Gasteiger partial charge on any atom is -0.361 e. The van der Waals surface area contributed by atoms with E-state index >= 15 is 0 Å². The smallest absolute Gasteiger partial charge is 0.183 e. The zero-order valence-corrected chi connectivity index (χ0v) is 12.9. The van der Waals surface area contributed by atoms with Crippen molar-refractivity contribution in [1.29, 1.82) is 0 Å². The molecule has 1 aliphatic rings. The predicted molar refractivity (Wildman–Crippen MR) is 82.4 cm³/mol. The van der Waals surface area contributed by atoms with Gasteiger partial charge in [0.05, 0.1) is 10.2 Å². The second kappa shape index (κ2) is 4.82. The molecule has 0 radical (unpaired) electrons. The minimum atomic E-state index is 0.540. The molecular formula is C14H17BrN2S. The first-order chi connectivity index (χ1) is 8.71. The van der Waals surface area contributed by atoms with Crippen molar-refractivity contribution < 1.29 is 0 Å². The predicted octanol–water partition coefficient (Wildman–Crippen LogP) is 5.05. The first-order valence-corrected chi connectivity index (χ1v) is 8.12. The highest BCUT2D eigenvalue weighted by Gasteiger charge is 2.34. The van der Waals surface area contributed by atoms with E-state index in [1.807, 2.05) is 6.07 Å². The average molecular weight is 325 g/mol. The SMILES string of the molecule is CCC1(CNc2nc3ccc(Br)cc3s2)CCC1. The van der Waals surface area contributed by atoms with Crippen LogP contribution in [0.5, 0.6) is 0 Å². The maximum absolute atomic E-state index is 4.64. The number of hydrogen-bond acceptors (Lipinski definition) is 3. The van der Waals surface area contributed by atoms with Crippen LogP contribution in [0.4, 0.5) is 5.13 Å². The zero-order chi connectivity index (χ0) is 12.6. The summed E-state index contributed by atoms with van der Waals surface area (Å²) in [5.74, 6) is 0. The van der Waals surface area contributed by atoms with Gasteiger partial charge >= 0.3 is 0 Å². The van der Waals surface area contributed by atoms with Gasteiger partial charge in [0, 0.05) is 11.0 Å². The number of halogens is 1. The number of benzene rings is 1. The third kappa shape index (κ3) is 2.28. The second-order valence-electron chi connectivity index (χ2n) is 5.19. The lowest BCUT2D eigenvalue weighted by Gasteiger charge is -2.41. The molecule has 4 heteroatoms. The minimum absolute atomic E-state index is 0.540. The van der Waals surface area contributed by atoms with Gasteiger partial charge in [-0.15, -0.1) is 0 Å². The van der Waals surface area contributed by atoms with Crippen molar-refractivity contribution in [2.24, 2.45) is 5.41 Å². The Morgan fingerprint density at radius 3 is 2.94 bits per heavy atom. The highest BCUT2D eigenvalue weighted by Crippen LogP contribution is 2.44. The second-order valence-corrected chi connectivity index (χ2v) is 7.14. The number of nitrogens with zero attached hydrogens (tertiary/aromatic N) is 1. The van der Waals surface area contributed by atoms with Gasteiger partial charge < -0.3 is 5.32 Å². The molecule has 1 heterocycles.